The van der Waals surface area contributed by atoms with E-state index in [-0.39, 0.29) is 30.3 Å². The van der Waals surface area contributed by atoms with Crippen LogP contribution in [-0.4, -0.2) is 107 Å². The smallest absolute Gasteiger partial charge is 0.322 e. The standard InChI is InChI=1S/C36H49N7O5/c1-2-48-32-13-7-6-12-30(32)37-35(46)38-31(34(45)42-22-14-27(15-23-42)40-18-8-3-9-19-40)24-33(44)41-20-16-28(17-21-41)43-25-26-10-4-5-11-29(26)39-36(43)47/h4-7,10-13,27-28,31H,2-3,8-9,14-25H2,1H3,(H,39,47)(H2,37,38,46)/t31-/m0/s1. The molecule has 2 aromatic carbocycles. The maximum absolute atomic E-state index is 14.0. The van der Waals surface area contributed by atoms with Crippen molar-refractivity contribution in [3.63, 3.8) is 0 Å². The quantitative estimate of drug-likeness (QED) is 0.365. The van der Waals surface area contributed by atoms with Gasteiger partial charge in [0.2, 0.25) is 11.8 Å². The molecular weight excluding hydrogens is 610 g/mol. The fourth-order valence-electron chi connectivity index (χ4n) is 7.57. The van der Waals surface area contributed by atoms with Crippen LogP contribution < -0.4 is 20.7 Å². The van der Waals surface area contributed by atoms with Crippen molar-refractivity contribution < 1.29 is 23.9 Å². The topological polar surface area (TPSA) is 127 Å². The number of nitrogens with zero attached hydrogens (tertiary/aromatic N) is 4. The summed E-state index contributed by atoms with van der Waals surface area (Å²) in [5.41, 5.74) is 2.41. The number of hydrogen-bond acceptors (Lipinski definition) is 6. The van der Waals surface area contributed by atoms with Crippen LogP contribution in [0.2, 0.25) is 0 Å². The van der Waals surface area contributed by atoms with Crippen LogP contribution in [0.15, 0.2) is 48.5 Å². The second-order valence-electron chi connectivity index (χ2n) is 13.3. The second-order valence-corrected chi connectivity index (χ2v) is 13.3. The van der Waals surface area contributed by atoms with Crippen LogP contribution in [0.3, 0.4) is 0 Å². The van der Waals surface area contributed by atoms with Gasteiger partial charge in [0.05, 0.1) is 18.7 Å². The van der Waals surface area contributed by atoms with Gasteiger partial charge in [-0.2, -0.15) is 0 Å². The number of rotatable bonds is 9. The Labute approximate surface area is 283 Å². The summed E-state index contributed by atoms with van der Waals surface area (Å²) >= 11 is 0. The molecule has 3 N–H and O–H groups in total. The lowest BCUT2D eigenvalue weighted by Gasteiger charge is -2.41. The number of fused-ring (bicyclic) bond motifs is 1. The van der Waals surface area contributed by atoms with Gasteiger partial charge in [0.1, 0.15) is 11.8 Å². The number of benzene rings is 2. The molecule has 2 aromatic rings. The SMILES string of the molecule is CCOc1ccccc1NC(=O)N[C@@H](CC(=O)N1CCC(N2Cc3ccccc3NC2=O)CC1)C(=O)N1CCC(N2CCCCC2)CC1. The van der Waals surface area contributed by atoms with Gasteiger partial charge in [0.15, 0.2) is 0 Å². The molecule has 12 heteroatoms. The molecular formula is C36H49N7O5. The summed E-state index contributed by atoms with van der Waals surface area (Å²) in [6.07, 6.45) is 6.68. The highest BCUT2D eigenvalue weighted by atomic mass is 16.5. The van der Waals surface area contributed by atoms with Gasteiger partial charge in [-0.3, -0.25) is 9.59 Å². The Kier molecular flexibility index (Phi) is 11.0. The molecule has 4 aliphatic rings. The number of urea groups is 2. The average Bonchev–Trinajstić information content (AvgIpc) is 3.12. The van der Waals surface area contributed by atoms with Crippen LogP contribution in [0.25, 0.3) is 0 Å². The van der Waals surface area contributed by atoms with Crippen LogP contribution in [0, 0.1) is 0 Å². The van der Waals surface area contributed by atoms with Crippen molar-refractivity contribution in [2.45, 2.75) is 83.0 Å². The summed E-state index contributed by atoms with van der Waals surface area (Å²) in [4.78, 5) is 61.8. The van der Waals surface area contributed by atoms with E-state index in [1.807, 2.05) is 47.1 Å². The van der Waals surface area contributed by atoms with E-state index < -0.39 is 12.1 Å². The van der Waals surface area contributed by atoms with Crippen molar-refractivity contribution >= 4 is 35.3 Å². The third-order valence-corrected chi connectivity index (χ3v) is 10.2. The van der Waals surface area contributed by atoms with E-state index in [2.05, 4.69) is 20.9 Å². The van der Waals surface area contributed by atoms with Crippen molar-refractivity contribution in [3.8, 4) is 5.75 Å². The van der Waals surface area contributed by atoms with Crippen molar-refractivity contribution in [3.05, 3.63) is 54.1 Å². The molecule has 6 rings (SSSR count). The maximum Gasteiger partial charge on any atom is 0.322 e. The van der Waals surface area contributed by atoms with Gasteiger partial charge in [-0.15, -0.1) is 0 Å². The van der Waals surface area contributed by atoms with E-state index in [0.717, 1.165) is 37.2 Å². The molecule has 0 saturated carbocycles. The lowest BCUT2D eigenvalue weighted by molar-refractivity contribution is -0.140. The summed E-state index contributed by atoms with van der Waals surface area (Å²) in [5, 5.41) is 8.64. The van der Waals surface area contributed by atoms with Crippen molar-refractivity contribution in [2.24, 2.45) is 0 Å². The molecule has 0 aromatic heterocycles. The first kappa shape index (κ1) is 33.6. The Morgan fingerprint density at radius 3 is 2.27 bits per heavy atom. The van der Waals surface area contributed by atoms with Gasteiger partial charge < -0.3 is 40.3 Å². The highest BCUT2D eigenvalue weighted by Crippen LogP contribution is 2.28. The van der Waals surface area contributed by atoms with Crippen molar-refractivity contribution in [1.82, 2.24) is 24.9 Å². The third kappa shape index (κ3) is 8.03. The van der Waals surface area contributed by atoms with Crippen LogP contribution in [0.1, 0.15) is 63.9 Å². The lowest BCUT2D eigenvalue weighted by Crippen LogP contribution is -2.56. The number of hydrogen-bond donors (Lipinski definition) is 3. The first-order valence-electron chi connectivity index (χ1n) is 17.6. The molecule has 48 heavy (non-hydrogen) atoms. The lowest BCUT2D eigenvalue weighted by atomic mass is 9.98. The molecule has 4 aliphatic heterocycles. The van der Waals surface area contributed by atoms with Gasteiger partial charge in [0.25, 0.3) is 0 Å². The number of ether oxygens (including phenoxy) is 1. The molecule has 6 amide bonds. The van der Waals surface area contributed by atoms with Crippen molar-refractivity contribution in [1.29, 1.82) is 0 Å². The number of amides is 6. The van der Waals surface area contributed by atoms with Crippen LogP contribution in [0.4, 0.5) is 21.0 Å². The molecule has 3 saturated heterocycles. The Hall–Kier alpha value is -4.32. The maximum atomic E-state index is 14.0. The number of carbonyl (C=O) groups excluding carboxylic acids is 4. The summed E-state index contributed by atoms with van der Waals surface area (Å²) in [5.74, 6) is 0.119. The molecule has 3 fully saturated rings. The first-order chi connectivity index (χ1) is 23.4. The predicted molar refractivity (Wildman–Crippen MR) is 184 cm³/mol. The molecule has 1 atom stereocenters. The van der Waals surface area contributed by atoms with Gasteiger partial charge >= 0.3 is 12.1 Å². The van der Waals surface area contributed by atoms with Gasteiger partial charge in [-0.05, 0) is 82.3 Å². The Balaban J connectivity index is 1.08. The molecule has 0 aliphatic carbocycles. The fraction of sp³-hybridized carbons (Fsp3) is 0.556. The Morgan fingerprint density at radius 1 is 0.854 bits per heavy atom. The minimum Gasteiger partial charge on any atom is -0.492 e. The molecule has 258 valence electrons. The highest BCUT2D eigenvalue weighted by Gasteiger charge is 2.36. The van der Waals surface area contributed by atoms with E-state index in [1.54, 1.807) is 23.1 Å². The minimum atomic E-state index is -1.01. The summed E-state index contributed by atoms with van der Waals surface area (Å²) in [6.45, 7) is 7.25. The second kappa shape index (κ2) is 15.7. The van der Waals surface area contributed by atoms with Crippen LogP contribution in [0.5, 0.6) is 5.75 Å². The molecule has 12 nitrogen and oxygen atoms in total. The number of para-hydroxylation sites is 3. The molecule has 0 unspecified atom stereocenters. The van der Waals surface area contributed by atoms with E-state index >= 15 is 0 Å². The average molecular weight is 660 g/mol. The normalized spacial score (nSPS) is 20.0. The number of carbonyl (C=O) groups is 4. The van der Waals surface area contributed by atoms with Gasteiger partial charge in [-0.25, -0.2) is 9.59 Å². The zero-order valence-electron chi connectivity index (χ0n) is 28.0. The molecule has 0 bridgehead atoms. The Bertz CT molecular complexity index is 1450. The fourth-order valence-corrected chi connectivity index (χ4v) is 7.57. The van der Waals surface area contributed by atoms with E-state index in [0.29, 0.717) is 69.7 Å². The Morgan fingerprint density at radius 2 is 1.52 bits per heavy atom. The summed E-state index contributed by atoms with van der Waals surface area (Å²) < 4.78 is 5.65. The highest BCUT2D eigenvalue weighted by molar-refractivity contribution is 5.97. The monoisotopic (exact) mass is 659 g/mol. The minimum absolute atomic E-state index is 0.00958. The van der Waals surface area contributed by atoms with Gasteiger partial charge in [0, 0.05) is 50.5 Å². The van der Waals surface area contributed by atoms with Crippen molar-refractivity contribution in [2.75, 3.05) is 56.5 Å². The van der Waals surface area contributed by atoms with E-state index in [1.165, 1.54) is 19.3 Å². The number of anilines is 2. The van der Waals surface area contributed by atoms with E-state index in [4.69, 9.17) is 4.74 Å². The number of piperidine rings is 3. The molecule has 0 spiro atoms. The van der Waals surface area contributed by atoms with E-state index in [9.17, 15) is 19.2 Å². The largest absolute Gasteiger partial charge is 0.492 e. The zero-order valence-corrected chi connectivity index (χ0v) is 28.0. The molecule has 0 radical (unpaired) electrons. The van der Waals surface area contributed by atoms with Crippen LogP contribution in [-0.2, 0) is 16.1 Å². The van der Waals surface area contributed by atoms with Gasteiger partial charge in [-0.1, -0.05) is 36.8 Å². The predicted octanol–water partition coefficient (Wildman–Crippen LogP) is 4.48. The van der Waals surface area contributed by atoms with Crippen LogP contribution >= 0.6 is 0 Å². The third-order valence-electron chi connectivity index (χ3n) is 10.2. The zero-order chi connectivity index (χ0) is 33.5. The molecule has 4 heterocycles. The number of likely N-dealkylation sites (tertiary alicyclic amines) is 3. The number of nitrogens with one attached hydrogen (secondary N) is 3. The summed E-state index contributed by atoms with van der Waals surface area (Å²) in [6, 6.07) is 13.7. The summed E-state index contributed by atoms with van der Waals surface area (Å²) in [7, 11) is 0. The first-order valence-corrected chi connectivity index (χ1v) is 17.6.